The molecule has 2 N–H and O–H groups in total. The standard InChI is InChI=1S/C24H32N4O2/c1-25-24(26-16-18-12-14-19(15-13-18)23(29)28(2)3)27-17-20-8-4-7-11-22(20)30-21-9-5-6-10-21/h4,7-8,11-15,21H,5-6,9-10,16-17H2,1-3H3,(H2,25,26,27). The lowest BCUT2D eigenvalue weighted by Crippen LogP contribution is -2.36. The van der Waals surface area contributed by atoms with Gasteiger partial charge in [0.2, 0.25) is 0 Å². The quantitative estimate of drug-likeness (QED) is 0.543. The molecule has 2 aromatic carbocycles. The molecule has 0 aromatic heterocycles. The van der Waals surface area contributed by atoms with Gasteiger partial charge in [0.15, 0.2) is 5.96 Å². The lowest BCUT2D eigenvalue weighted by Gasteiger charge is -2.18. The van der Waals surface area contributed by atoms with Crippen molar-refractivity contribution in [1.29, 1.82) is 0 Å². The number of aliphatic imine (C=N–C) groups is 1. The smallest absolute Gasteiger partial charge is 0.253 e. The third-order valence-corrected chi connectivity index (χ3v) is 5.31. The van der Waals surface area contributed by atoms with Crippen LogP contribution in [0.25, 0.3) is 0 Å². The highest BCUT2D eigenvalue weighted by Crippen LogP contribution is 2.26. The van der Waals surface area contributed by atoms with Gasteiger partial charge >= 0.3 is 0 Å². The van der Waals surface area contributed by atoms with Crippen LogP contribution in [-0.4, -0.2) is 44.0 Å². The van der Waals surface area contributed by atoms with E-state index in [0.717, 1.165) is 35.7 Å². The van der Waals surface area contributed by atoms with Crippen LogP contribution in [0.1, 0.15) is 47.2 Å². The normalized spacial score (nSPS) is 14.4. The maximum absolute atomic E-state index is 12.0. The summed E-state index contributed by atoms with van der Waals surface area (Å²) in [5.41, 5.74) is 2.89. The Bertz CT molecular complexity index is 856. The predicted molar refractivity (Wildman–Crippen MR) is 121 cm³/mol. The van der Waals surface area contributed by atoms with E-state index in [0.29, 0.717) is 24.8 Å². The average molecular weight is 409 g/mol. The summed E-state index contributed by atoms with van der Waals surface area (Å²) in [4.78, 5) is 17.9. The van der Waals surface area contributed by atoms with E-state index in [1.807, 2.05) is 42.5 Å². The monoisotopic (exact) mass is 408 g/mol. The van der Waals surface area contributed by atoms with Crippen LogP contribution in [-0.2, 0) is 13.1 Å². The molecule has 3 rings (SSSR count). The van der Waals surface area contributed by atoms with E-state index >= 15 is 0 Å². The molecule has 1 amide bonds. The van der Waals surface area contributed by atoms with Gasteiger partial charge in [-0.25, -0.2) is 0 Å². The van der Waals surface area contributed by atoms with Crippen molar-refractivity contribution in [1.82, 2.24) is 15.5 Å². The third-order valence-electron chi connectivity index (χ3n) is 5.31. The summed E-state index contributed by atoms with van der Waals surface area (Å²) in [5.74, 6) is 1.68. The molecule has 30 heavy (non-hydrogen) atoms. The third kappa shape index (κ3) is 5.99. The molecule has 0 heterocycles. The number of guanidine groups is 1. The van der Waals surface area contributed by atoms with E-state index in [9.17, 15) is 4.79 Å². The van der Waals surface area contributed by atoms with Gasteiger partial charge < -0.3 is 20.3 Å². The number of para-hydroxylation sites is 1. The van der Waals surface area contributed by atoms with E-state index in [1.54, 1.807) is 26.0 Å². The molecule has 2 aromatic rings. The molecule has 0 aliphatic heterocycles. The Kier molecular flexibility index (Phi) is 7.71. The summed E-state index contributed by atoms with van der Waals surface area (Å²) in [5, 5.41) is 6.69. The number of nitrogens with zero attached hydrogens (tertiary/aromatic N) is 2. The summed E-state index contributed by atoms with van der Waals surface area (Å²) < 4.78 is 6.22. The molecular weight excluding hydrogens is 376 g/mol. The second-order valence-corrected chi connectivity index (χ2v) is 7.81. The highest BCUT2D eigenvalue weighted by atomic mass is 16.5. The van der Waals surface area contributed by atoms with Crippen molar-refractivity contribution < 1.29 is 9.53 Å². The molecule has 1 fully saturated rings. The Morgan fingerprint density at radius 3 is 2.37 bits per heavy atom. The minimum absolute atomic E-state index is 0.00507. The van der Waals surface area contributed by atoms with Crippen LogP contribution in [0, 0.1) is 0 Å². The maximum atomic E-state index is 12.0. The summed E-state index contributed by atoms with van der Waals surface area (Å²) in [6, 6.07) is 15.8. The average Bonchev–Trinajstić information content (AvgIpc) is 3.28. The van der Waals surface area contributed by atoms with Gasteiger partial charge in [0.05, 0.1) is 6.10 Å². The van der Waals surface area contributed by atoms with Crippen molar-refractivity contribution in [3.8, 4) is 5.75 Å². The number of ether oxygens (including phenoxy) is 1. The Morgan fingerprint density at radius 2 is 1.70 bits per heavy atom. The first-order chi connectivity index (χ1) is 14.6. The first-order valence-electron chi connectivity index (χ1n) is 10.6. The molecule has 0 unspecified atom stereocenters. The Hall–Kier alpha value is -3.02. The van der Waals surface area contributed by atoms with Gasteiger partial charge in [-0.1, -0.05) is 30.3 Å². The fourth-order valence-corrected chi connectivity index (χ4v) is 3.56. The van der Waals surface area contributed by atoms with Crippen LogP contribution in [0.3, 0.4) is 0 Å². The number of carbonyl (C=O) groups excluding carboxylic acids is 1. The second kappa shape index (κ2) is 10.7. The van der Waals surface area contributed by atoms with Crippen molar-refractivity contribution in [3.05, 3.63) is 65.2 Å². The lowest BCUT2D eigenvalue weighted by atomic mass is 10.1. The van der Waals surface area contributed by atoms with E-state index < -0.39 is 0 Å². The molecule has 1 aliphatic rings. The van der Waals surface area contributed by atoms with Gasteiger partial charge in [-0.3, -0.25) is 9.79 Å². The zero-order valence-corrected chi connectivity index (χ0v) is 18.1. The minimum Gasteiger partial charge on any atom is -0.490 e. The van der Waals surface area contributed by atoms with Gasteiger partial charge in [-0.2, -0.15) is 0 Å². The molecule has 0 bridgehead atoms. The Balaban J connectivity index is 1.52. The van der Waals surface area contributed by atoms with Crippen LogP contribution in [0.5, 0.6) is 5.75 Å². The lowest BCUT2D eigenvalue weighted by molar-refractivity contribution is 0.0827. The molecule has 0 spiro atoms. The van der Waals surface area contributed by atoms with Crippen LogP contribution in [0.15, 0.2) is 53.5 Å². The number of hydrogen-bond donors (Lipinski definition) is 2. The molecule has 160 valence electrons. The largest absolute Gasteiger partial charge is 0.490 e. The number of amides is 1. The zero-order chi connectivity index (χ0) is 21.3. The number of rotatable bonds is 7. The maximum Gasteiger partial charge on any atom is 0.253 e. The van der Waals surface area contributed by atoms with Gasteiger partial charge in [-0.05, 0) is 49.4 Å². The fraction of sp³-hybridized carbons (Fsp3) is 0.417. The summed E-state index contributed by atoms with van der Waals surface area (Å²) in [6.07, 6.45) is 5.14. The summed E-state index contributed by atoms with van der Waals surface area (Å²) in [6.45, 7) is 1.26. The van der Waals surface area contributed by atoms with Gasteiger partial charge in [0, 0.05) is 45.4 Å². The van der Waals surface area contributed by atoms with Crippen LogP contribution >= 0.6 is 0 Å². The highest BCUT2D eigenvalue weighted by Gasteiger charge is 2.17. The van der Waals surface area contributed by atoms with Gasteiger partial charge in [-0.15, -0.1) is 0 Å². The van der Waals surface area contributed by atoms with Crippen LogP contribution < -0.4 is 15.4 Å². The first kappa shape index (κ1) is 21.7. The molecular formula is C24H32N4O2. The van der Waals surface area contributed by atoms with Crippen molar-refractivity contribution >= 4 is 11.9 Å². The summed E-state index contributed by atoms with van der Waals surface area (Å²) in [7, 11) is 5.27. The fourth-order valence-electron chi connectivity index (χ4n) is 3.56. The molecule has 6 heteroatoms. The Labute approximate surface area is 179 Å². The number of benzene rings is 2. The van der Waals surface area contributed by atoms with E-state index in [1.165, 1.54) is 12.8 Å². The van der Waals surface area contributed by atoms with Crippen molar-refractivity contribution in [3.63, 3.8) is 0 Å². The van der Waals surface area contributed by atoms with Gasteiger partial charge in [0.1, 0.15) is 5.75 Å². The topological polar surface area (TPSA) is 66.0 Å². The summed E-state index contributed by atoms with van der Waals surface area (Å²) >= 11 is 0. The first-order valence-corrected chi connectivity index (χ1v) is 10.6. The molecule has 6 nitrogen and oxygen atoms in total. The zero-order valence-electron chi connectivity index (χ0n) is 18.1. The highest BCUT2D eigenvalue weighted by molar-refractivity contribution is 5.93. The van der Waals surface area contributed by atoms with Gasteiger partial charge in [0.25, 0.3) is 5.91 Å². The van der Waals surface area contributed by atoms with E-state index in [-0.39, 0.29) is 5.91 Å². The SMILES string of the molecule is CN=C(NCc1ccc(C(=O)N(C)C)cc1)NCc1ccccc1OC1CCCC1. The van der Waals surface area contributed by atoms with Crippen molar-refractivity contribution in [2.45, 2.75) is 44.9 Å². The Morgan fingerprint density at radius 1 is 1.03 bits per heavy atom. The minimum atomic E-state index is 0.00507. The molecule has 0 atom stereocenters. The van der Waals surface area contributed by atoms with Crippen molar-refractivity contribution in [2.75, 3.05) is 21.1 Å². The number of nitrogens with one attached hydrogen (secondary N) is 2. The van der Waals surface area contributed by atoms with Crippen LogP contribution in [0.4, 0.5) is 0 Å². The number of carbonyl (C=O) groups is 1. The van der Waals surface area contributed by atoms with E-state index in [2.05, 4.69) is 21.7 Å². The predicted octanol–water partition coefficient (Wildman–Crippen LogP) is 3.58. The van der Waals surface area contributed by atoms with Crippen molar-refractivity contribution in [2.24, 2.45) is 4.99 Å². The van der Waals surface area contributed by atoms with Crippen LogP contribution in [0.2, 0.25) is 0 Å². The molecule has 0 radical (unpaired) electrons. The molecule has 1 saturated carbocycles. The number of hydrogen-bond acceptors (Lipinski definition) is 3. The molecule has 0 saturated heterocycles. The second-order valence-electron chi connectivity index (χ2n) is 7.81. The molecule has 1 aliphatic carbocycles. The van der Waals surface area contributed by atoms with E-state index in [4.69, 9.17) is 4.74 Å².